The smallest absolute Gasteiger partial charge is 0.246 e. The zero-order valence-corrected chi connectivity index (χ0v) is 15.9. The van der Waals surface area contributed by atoms with Crippen molar-refractivity contribution >= 4 is 10.0 Å². The fourth-order valence-corrected chi connectivity index (χ4v) is 5.08. The Kier molecular flexibility index (Phi) is 5.23. The van der Waals surface area contributed by atoms with E-state index in [1.807, 2.05) is 39.3 Å². The number of aromatic nitrogens is 2. The van der Waals surface area contributed by atoms with Crippen molar-refractivity contribution in [2.75, 3.05) is 26.3 Å². The molecule has 1 saturated heterocycles. The minimum atomic E-state index is -3.54. The van der Waals surface area contributed by atoms with Crippen LogP contribution in [0.5, 0.6) is 0 Å². The molecule has 0 aliphatic carbocycles. The van der Waals surface area contributed by atoms with Crippen molar-refractivity contribution in [1.82, 2.24) is 14.1 Å². The maximum atomic E-state index is 13.2. The van der Waals surface area contributed by atoms with Crippen molar-refractivity contribution in [1.29, 1.82) is 0 Å². The lowest BCUT2D eigenvalue weighted by Gasteiger charge is -2.24. The summed E-state index contributed by atoms with van der Waals surface area (Å²) in [6, 6.07) is 0. The van der Waals surface area contributed by atoms with Gasteiger partial charge in [-0.15, -0.1) is 0 Å². The van der Waals surface area contributed by atoms with Crippen LogP contribution in [-0.2, 0) is 20.3 Å². The Bertz CT molecular complexity index is 653. The van der Waals surface area contributed by atoms with Gasteiger partial charge in [-0.25, -0.2) is 8.42 Å². The molecule has 1 aromatic rings. The standard InChI is InChI=1S/C16H29N3O3S/c1-7-18(10-14-8-9-22-11-14)23(20,21)15-12(2)17-19(13(15)3)16(4,5)6/h14H,7-11H2,1-6H3/t14-/m1/s1. The molecule has 0 radical (unpaired) electrons. The summed E-state index contributed by atoms with van der Waals surface area (Å²) in [5, 5.41) is 4.48. The minimum absolute atomic E-state index is 0.251. The van der Waals surface area contributed by atoms with Crippen molar-refractivity contribution in [2.45, 2.75) is 58.4 Å². The molecular formula is C16H29N3O3S. The summed E-state index contributed by atoms with van der Waals surface area (Å²) in [5.41, 5.74) is 1.02. The van der Waals surface area contributed by atoms with Crippen LogP contribution in [0.2, 0.25) is 0 Å². The van der Waals surface area contributed by atoms with Gasteiger partial charge in [0.2, 0.25) is 10.0 Å². The first kappa shape index (κ1) is 18.4. The number of nitrogens with zero attached hydrogens (tertiary/aromatic N) is 3. The minimum Gasteiger partial charge on any atom is -0.381 e. The van der Waals surface area contributed by atoms with Crippen LogP contribution in [0.4, 0.5) is 0 Å². The van der Waals surface area contributed by atoms with E-state index in [2.05, 4.69) is 5.10 Å². The Morgan fingerprint density at radius 1 is 1.35 bits per heavy atom. The van der Waals surface area contributed by atoms with Crippen molar-refractivity contribution in [3.8, 4) is 0 Å². The molecule has 6 nitrogen and oxygen atoms in total. The third kappa shape index (κ3) is 3.61. The van der Waals surface area contributed by atoms with Gasteiger partial charge in [-0.1, -0.05) is 6.92 Å². The molecule has 0 saturated carbocycles. The van der Waals surface area contributed by atoms with Gasteiger partial charge in [0.05, 0.1) is 23.5 Å². The van der Waals surface area contributed by atoms with Crippen molar-refractivity contribution in [2.24, 2.45) is 5.92 Å². The molecule has 132 valence electrons. The molecular weight excluding hydrogens is 314 g/mol. The first-order valence-corrected chi connectivity index (χ1v) is 9.67. The Balaban J connectivity index is 2.39. The molecule has 0 bridgehead atoms. The Morgan fingerprint density at radius 2 is 2.00 bits per heavy atom. The third-order valence-electron chi connectivity index (χ3n) is 4.30. The first-order valence-electron chi connectivity index (χ1n) is 8.23. The molecule has 0 spiro atoms. The zero-order valence-electron chi connectivity index (χ0n) is 15.1. The SMILES string of the molecule is CCN(C[C@H]1CCOC1)S(=O)(=O)c1c(C)nn(C(C)(C)C)c1C. The molecule has 1 fully saturated rings. The monoisotopic (exact) mass is 343 g/mol. The van der Waals surface area contributed by atoms with Gasteiger partial charge in [0, 0.05) is 19.7 Å². The van der Waals surface area contributed by atoms with Crippen LogP contribution in [0.15, 0.2) is 4.90 Å². The fourth-order valence-electron chi connectivity index (χ4n) is 3.20. The van der Waals surface area contributed by atoms with Gasteiger partial charge in [0.25, 0.3) is 0 Å². The van der Waals surface area contributed by atoms with E-state index in [1.165, 1.54) is 0 Å². The van der Waals surface area contributed by atoms with Crippen LogP contribution in [0.3, 0.4) is 0 Å². The molecule has 23 heavy (non-hydrogen) atoms. The number of ether oxygens (including phenoxy) is 1. The molecule has 1 aliphatic rings. The van der Waals surface area contributed by atoms with Crippen LogP contribution in [0.1, 0.15) is 45.5 Å². The zero-order chi connectivity index (χ0) is 17.4. The first-order chi connectivity index (χ1) is 10.6. The highest BCUT2D eigenvalue weighted by Gasteiger charge is 2.34. The Hall–Kier alpha value is -0.920. The van der Waals surface area contributed by atoms with Crippen LogP contribution in [-0.4, -0.2) is 48.8 Å². The molecule has 2 heterocycles. The maximum absolute atomic E-state index is 13.2. The highest BCUT2D eigenvalue weighted by atomic mass is 32.2. The predicted octanol–water partition coefficient (Wildman–Crippen LogP) is 2.30. The largest absolute Gasteiger partial charge is 0.381 e. The summed E-state index contributed by atoms with van der Waals surface area (Å²) in [6.07, 6.45) is 0.922. The third-order valence-corrected chi connectivity index (χ3v) is 6.49. The Labute approximate surface area is 139 Å². The predicted molar refractivity (Wildman–Crippen MR) is 90.1 cm³/mol. The molecule has 0 aromatic carbocycles. The number of hydrogen-bond donors (Lipinski definition) is 0. The lowest BCUT2D eigenvalue weighted by atomic mass is 10.1. The summed E-state index contributed by atoms with van der Waals surface area (Å²) in [7, 11) is -3.54. The number of rotatable bonds is 5. The summed E-state index contributed by atoms with van der Waals surface area (Å²) in [6.45, 7) is 13.9. The molecule has 2 rings (SSSR count). The average Bonchev–Trinajstić information content (AvgIpc) is 3.03. The fraction of sp³-hybridized carbons (Fsp3) is 0.812. The molecule has 1 atom stereocenters. The van der Waals surface area contributed by atoms with Gasteiger partial charge >= 0.3 is 0 Å². The van der Waals surface area contributed by atoms with Crippen LogP contribution < -0.4 is 0 Å². The number of sulfonamides is 1. The summed E-state index contributed by atoms with van der Waals surface area (Å²) in [4.78, 5) is 0.355. The molecule has 1 aliphatic heterocycles. The maximum Gasteiger partial charge on any atom is 0.246 e. The summed E-state index contributed by atoms with van der Waals surface area (Å²) < 4.78 is 35.1. The van der Waals surface area contributed by atoms with E-state index in [-0.39, 0.29) is 11.5 Å². The van der Waals surface area contributed by atoms with E-state index in [1.54, 1.807) is 11.2 Å². The van der Waals surface area contributed by atoms with Crippen molar-refractivity contribution in [3.05, 3.63) is 11.4 Å². The second-order valence-corrected chi connectivity index (χ2v) is 9.14. The van der Waals surface area contributed by atoms with E-state index in [4.69, 9.17) is 4.74 Å². The van der Waals surface area contributed by atoms with E-state index >= 15 is 0 Å². The molecule has 0 unspecified atom stereocenters. The van der Waals surface area contributed by atoms with E-state index < -0.39 is 10.0 Å². The number of hydrogen-bond acceptors (Lipinski definition) is 4. The number of aryl methyl sites for hydroxylation is 1. The summed E-state index contributed by atoms with van der Waals surface area (Å²) >= 11 is 0. The second-order valence-electron chi connectivity index (χ2n) is 7.27. The lowest BCUT2D eigenvalue weighted by molar-refractivity contribution is 0.181. The molecule has 1 aromatic heterocycles. The Morgan fingerprint density at radius 3 is 2.43 bits per heavy atom. The van der Waals surface area contributed by atoms with Gasteiger partial charge in [-0.3, -0.25) is 4.68 Å². The van der Waals surface area contributed by atoms with Gasteiger partial charge in [-0.2, -0.15) is 9.40 Å². The van der Waals surface area contributed by atoms with Gasteiger partial charge in [0.15, 0.2) is 0 Å². The van der Waals surface area contributed by atoms with E-state index in [0.717, 1.165) is 13.0 Å². The van der Waals surface area contributed by atoms with Gasteiger partial charge in [0.1, 0.15) is 4.90 Å². The quantitative estimate of drug-likeness (QED) is 0.823. The summed E-state index contributed by atoms with van der Waals surface area (Å²) in [5.74, 6) is 0.281. The van der Waals surface area contributed by atoms with Gasteiger partial charge in [-0.05, 0) is 47.0 Å². The van der Waals surface area contributed by atoms with Crippen molar-refractivity contribution < 1.29 is 13.2 Å². The molecule has 0 N–H and O–H groups in total. The highest BCUT2D eigenvalue weighted by Crippen LogP contribution is 2.28. The average molecular weight is 343 g/mol. The van der Waals surface area contributed by atoms with Crippen LogP contribution in [0.25, 0.3) is 0 Å². The second kappa shape index (κ2) is 6.53. The topological polar surface area (TPSA) is 64.4 Å². The molecule has 7 heteroatoms. The van der Waals surface area contributed by atoms with Crippen LogP contribution in [0, 0.1) is 19.8 Å². The van der Waals surface area contributed by atoms with Crippen LogP contribution >= 0.6 is 0 Å². The van der Waals surface area contributed by atoms with E-state index in [0.29, 0.717) is 36.0 Å². The van der Waals surface area contributed by atoms with E-state index in [9.17, 15) is 8.42 Å². The van der Waals surface area contributed by atoms with Gasteiger partial charge < -0.3 is 4.74 Å². The lowest BCUT2D eigenvalue weighted by Crippen LogP contribution is -2.36. The normalized spacial score (nSPS) is 19.7. The molecule has 0 amide bonds. The highest BCUT2D eigenvalue weighted by molar-refractivity contribution is 7.89. The van der Waals surface area contributed by atoms with Crippen molar-refractivity contribution in [3.63, 3.8) is 0 Å².